The van der Waals surface area contributed by atoms with Gasteiger partial charge >= 0.3 is 0 Å². The number of carbonyl (C=O) groups is 1. The van der Waals surface area contributed by atoms with E-state index in [9.17, 15) is 4.79 Å². The fourth-order valence-electron chi connectivity index (χ4n) is 3.96. The Balaban J connectivity index is 1.43. The van der Waals surface area contributed by atoms with Crippen LogP contribution >= 0.6 is 0 Å². The molecule has 0 bridgehead atoms. The topological polar surface area (TPSA) is 113 Å². The first kappa shape index (κ1) is 20.1. The first-order valence-electron chi connectivity index (χ1n) is 10.8. The Morgan fingerprint density at radius 3 is 2.75 bits per heavy atom. The predicted molar refractivity (Wildman–Crippen MR) is 125 cm³/mol. The fraction of sp³-hybridized carbons (Fsp3) is 0.250. The van der Waals surface area contributed by atoms with E-state index in [4.69, 9.17) is 10.7 Å². The van der Waals surface area contributed by atoms with Crippen LogP contribution in [0.15, 0.2) is 48.7 Å². The molecule has 8 heteroatoms. The van der Waals surface area contributed by atoms with Crippen molar-refractivity contribution in [1.82, 2.24) is 30.2 Å². The highest BCUT2D eigenvalue weighted by Crippen LogP contribution is 2.26. The van der Waals surface area contributed by atoms with Gasteiger partial charge in [-0.2, -0.15) is 0 Å². The number of hydrogen-bond donors (Lipinski definition) is 3. The zero-order valence-electron chi connectivity index (χ0n) is 17.9. The minimum atomic E-state index is 0.0573. The molecule has 162 valence electrons. The van der Waals surface area contributed by atoms with Gasteiger partial charge in [-0.3, -0.25) is 4.79 Å². The molecule has 1 amide bonds. The molecule has 32 heavy (non-hydrogen) atoms. The number of anilines is 1. The molecule has 4 aromatic rings. The van der Waals surface area contributed by atoms with Crippen LogP contribution in [-0.2, 0) is 0 Å². The molecule has 4 N–H and O–H groups in total. The largest absolute Gasteiger partial charge is 0.382 e. The third kappa shape index (κ3) is 3.92. The second-order valence-electron chi connectivity index (χ2n) is 8.07. The average molecular weight is 428 g/mol. The standard InChI is InChI=1S/C24H25N7O/c1-15-3-8-18-19(13-15)30-23(29-18)21-22(25)27-14-20(28-21)16-4-6-17(7-5-16)24(32)31-11-2-9-26-10-12-31/h3-8,13-14,26H,2,9-12H2,1H3,(H2,25,27)(H,29,30). The molecule has 0 unspecified atom stereocenters. The Labute approximate surface area is 185 Å². The normalized spacial score (nSPS) is 14.5. The number of rotatable bonds is 3. The van der Waals surface area contributed by atoms with Crippen molar-refractivity contribution in [2.45, 2.75) is 13.3 Å². The van der Waals surface area contributed by atoms with Crippen molar-refractivity contribution in [2.75, 3.05) is 31.9 Å². The summed E-state index contributed by atoms with van der Waals surface area (Å²) >= 11 is 0. The minimum Gasteiger partial charge on any atom is -0.382 e. The molecule has 0 radical (unpaired) electrons. The summed E-state index contributed by atoms with van der Waals surface area (Å²) in [7, 11) is 0. The second-order valence-corrected chi connectivity index (χ2v) is 8.07. The van der Waals surface area contributed by atoms with Gasteiger partial charge in [0.2, 0.25) is 0 Å². The molecule has 2 aromatic carbocycles. The quantitative estimate of drug-likeness (QED) is 0.463. The molecule has 1 fully saturated rings. The maximum Gasteiger partial charge on any atom is 0.253 e. The molecular weight excluding hydrogens is 402 g/mol. The second kappa shape index (κ2) is 8.39. The van der Waals surface area contributed by atoms with Crippen LogP contribution < -0.4 is 11.1 Å². The number of nitrogens with two attached hydrogens (primary N) is 1. The van der Waals surface area contributed by atoms with Crippen LogP contribution in [0.2, 0.25) is 0 Å². The molecule has 0 atom stereocenters. The number of aryl methyl sites for hydroxylation is 1. The van der Waals surface area contributed by atoms with Gasteiger partial charge in [0.15, 0.2) is 11.6 Å². The van der Waals surface area contributed by atoms with Crippen molar-refractivity contribution in [3.05, 3.63) is 59.8 Å². The lowest BCUT2D eigenvalue weighted by atomic mass is 10.1. The molecule has 0 saturated carbocycles. The summed E-state index contributed by atoms with van der Waals surface area (Å²) in [5.41, 5.74) is 11.8. The number of H-pyrrole nitrogens is 1. The number of carbonyl (C=O) groups excluding carboxylic acids is 1. The van der Waals surface area contributed by atoms with Gasteiger partial charge in [0, 0.05) is 30.8 Å². The summed E-state index contributed by atoms with van der Waals surface area (Å²) < 4.78 is 0. The maximum atomic E-state index is 12.8. The summed E-state index contributed by atoms with van der Waals surface area (Å²) in [6.45, 7) is 5.31. The van der Waals surface area contributed by atoms with Crippen molar-refractivity contribution in [2.24, 2.45) is 0 Å². The number of nitrogens with one attached hydrogen (secondary N) is 2. The van der Waals surface area contributed by atoms with Crippen LogP contribution in [0.1, 0.15) is 22.3 Å². The van der Waals surface area contributed by atoms with Gasteiger partial charge in [0.05, 0.1) is 22.9 Å². The number of imidazole rings is 1. The number of nitrogen functional groups attached to an aromatic ring is 1. The van der Waals surface area contributed by atoms with Gasteiger partial charge in [-0.25, -0.2) is 15.0 Å². The van der Waals surface area contributed by atoms with Gasteiger partial charge in [0.1, 0.15) is 5.69 Å². The summed E-state index contributed by atoms with van der Waals surface area (Å²) in [5.74, 6) is 0.951. The molecule has 1 aliphatic heterocycles. The Kier molecular flexibility index (Phi) is 5.28. The van der Waals surface area contributed by atoms with Crippen LogP contribution in [0.25, 0.3) is 33.8 Å². The van der Waals surface area contributed by atoms with Crippen molar-refractivity contribution in [3.63, 3.8) is 0 Å². The molecule has 8 nitrogen and oxygen atoms in total. The van der Waals surface area contributed by atoms with Crippen LogP contribution in [0.5, 0.6) is 0 Å². The Morgan fingerprint density at radius 2 is 1.91 bits per heavy atom. The molecule has 1 aliphatic rings. The van der Waals surface area contributed by atoms with E-state index >= 15 is 0 Å². The SMILES string of the molecule is Cc1ccc2nc(-c3nc(-c4ccc(C(=O)N5CCCNCC5)cc4)cnc3N)[nH]c2c1. The van der Waals surface area contributed by atoms with Crippen molar-refractivity contribution in [1.29, 1.82) is 0 Å². The summed E-state index contributed by atoms with van der Waals surface area (Å²) in [6.07, 6.45) is 2.61. The summed E-state index contributed by atoms with van der Waals surface area (Å²) in [5, 5.41) is 3.32. The van der Waals surface area contributed by atoms with Crippen LogP contribution in [-0.4, -0.2) is 56.9 Å². The highest BCUT2D eigenvalue weighted by atomic mass is 16.2. The first-order chi connectivity index (χ1) is 15.6. The van der Waals surface area contributed by atoms with E-state index in [1.54, 1.807) is 6.20 Å². The Morgan fingerprint density at radius 1 is 1.06 bits per heavy atom. The zero-order chi connectivity index (χ0) is 22.1. The monoisotopic (exact) mass is 427 g/mol. The van der Waals surface area contributed by atoms with Gasteiger partial charge < -0.3 is 20.9 Å². The number of aromatic amines is 1. The van der Waals surface area contributed by atoms with Crippen molar-refractivity contribution < 1.29 is 4.79 Å². The van der Waals surface area contributed by atoms with Gasteiger partial charge in [-0.05, 0) is 49.7 Å². The van der Waals surface area contributed by atoms with E-state index in [1.807, 2.05) is 54.3 Å². The van der Waals surface area contributed by atoms with E-state index in [0.717, 1.165) is 54.8 Å². The van der Waals surface area contributed by atoms with Crippen molar-refractivity contribution >= 4 is 22.8 Å². The Bertz CT molecular complexity index is 1270. The maximum absolute atomic E-state index is 12.8. The first-order valence-corrected chi connectivity index (χ1v) is 10.8. The van der Waals surface area contributed by atoms with Crippen molar-refractivity contribution in [3.8, 4) is 22.8 Å². The lowest BCUT2D eigenvalue weighted by molar-refractivity contribution is 0.0766. The smallest absolute Gasteiger partial charge is 0.253 e. The third-order valence-corrected chi connectivity index (χ3v) is 5.72. The minimum absolute atomic E-state index is 0.0573. The molecule has 2 aromatic heterocycles. The van der Waals surface area contributed by atoms with E-state index in [2.05, 4.69) is 20.3 Å². The highest BCUT2D eigenvalue weighted by molar-refractivity contribution is 5.94. The van der Waals surface area contributed by atoms with Gasteiger partial charge in [0.25, 0.3) is 5.91 Å². The Hall–Kier alpha value is -3.78. The number of fused-ring (bicyclic) bond motifs is 1. The van der Waals surface area contributed by atoms with Crippen LogP contribution in [0, 0.1) is 6.92 Å². The molecule has 1 saturated heterocycles. The van der Waals surface area contributed by atoms with Crippen LogP contribution in [0.4, 0.5) is 5.82 Å². The fourth-order valence-corrected chi connectivity index (χ4v) is 3.96. The van der Waals surface area contributed by atoms with E-state index in [-0.39, 0.29) is 5.91 Å². The third-order valence-electron chi connectivity index (χ3n) is 5.72. The van der Waals surface area contributed by atoms with Crippen LogP contribution in [0.3, 0.4) is 0 Å². The number of nitrogens with zero attached hydrogens (tertiary/aromatic N) is 4. The van der Waals surface area contributed by atoms with Gasteiger partial charge in [-0.1, -0.05) is 18.2 Å². The molecule has 3 heterocycles. The van der Waals surface area contributed by atoms with E-state index < -0.39 is 0 Å². The summed E-state index contributed by atoms with van der Waals surface area (Å²) in [4.78, 5) is 31.7. The number of amides is 1. The molecule has 5 rings (SSSR count). The lowest BCUT2D eigenvalue weighted by Crippen LogP contribution is -2.34. The van der Waals surface area contributed by atoms with Gasteiger partial charge in [-0.15, -0.1) is 0 Å². The lowest BCUT2D eigenvalue weighted by Gasteiger charge is -2.20. The summed E-state index contributed by atoms with van der Waals surface area (Å²) in [6, 6.07) is 13.5. The molecule has 0 spiro atoms. The zero-order valence-corrected chi connectivity index (χ0v) is 17.9. The molecule has 0 aliphatic carbocycles. The number of aromatic nitrogens is 4. The predicted octanol–water partition coefficient (Wildman–Crippen LogP) is 3.01. The van der Waals surface area contributed by atoms with E-state index in [1.165, 1.54) is 0 Å². The highest BCUT2D eigenvalue weighted by Gasteiger charge is 2.18. The number of hydrogen-bond acceptors (Lipinski definition) is 6. The van der Waals surface area contributed by atoms with E-state index in [0.29, 0.717) is 28.6 Å². The average Bonchev–Trinajstić information content (AvgIpc) is 3.03. The number of benzene rings is 2. The molecular formula is C24H25N7O.